The zero-order chi connectivity index (χ0) is 19.8. The van der Waals surface area contributed by atoms with Gasteiger partial charge in [0, 0.05) is 0 Å². The first-order chi connectivity index (χ1) is 13.5. The van der Waals surface area contributed by atoms with Crippen LogP contribution in [-0.4, -0.2) is 18.9 Å². The van der Waals surface area contributed by atoms with Crippen molar-refractivity contribution in [3.63, 3.8) is 0 Å². The second kappa shape index (κ2) is 7.19. The molecular weight excluding hydrogens is 399 g/mol. The third-order valence-corrected chi connectivity index (χ3v) is 5.21. The Morgan fingerprint density at radius 3 is 2.57 bits per heavy atom. The molecule has 2 amide bonds. The minimum atomic E-state index is -0.490. The molecular formula is C21H14Cl2N2O3. The number of amides is 2. The van der Waals surface area contributed by atoms with E-state index in [1.54, 1.807) is 25.3 Å². The van der Waals surface area contributed by atoms with E-state index in [0.29, 0.717) is 21.5 Å². The minimum absolute atomic E-state index is 0.0291. The monoisotopic (exact) mass is 412 g/mol. The lowest BCUT2D eigenvalue weighted by molar-refractivity contribution is -0.117. The highest BCUT2D eigenvalue weighted by molar-refractivity contribution is 6.42. The second-order valence-corrected chi connectivity index (χ2v) is 6.99. The SMILES string of the molecule is COc1ccc2cccc(/C=C3\C(=O)NN(c4ccc(Cl)c(Cl)c4)C3=O)c2c1. The number of halogens is 2. The van der Waals surface area contributed by atoms with Crippen molar-refractivity contribution in [1.82, 2.24) is 5.43 Å². The summed E-state index contributed by atoms with van der Waals surface area (Å²) >= 11 is 12.0. The molecule has 0 aliphatic carbocycles. The first-order valence-corrected chi connectivity index (χ1v) is 9.12. The highest BCUT2D eigenvalue weighted by atomic mass is 35.5. The van der Waals surface area contributed by atoms with Gasteiger partial charge in [-0.2, -0.15) is 0 Å². The van der Waals surface area contributed by atoms with Crippen molar-refractivity contribution in [2.75, 3.05) is 12.1 Å². The van der Waals surface area contributed by atoms with Gasteiger partial charge in [-0.05, 0) is 52.7 Å². The number of fused-ring (bicyclic) bond motifs is 1. The van der Waals surface area contributed by atoms with Crippen LogP contribution in [0, 0.1) is 0 Å². The maximum Gasteiger partial charge on any atom is 0.282 e. The van der Waals surface area contributed by atoms with Crippen LogP contribution in [0.15, 0.2) is 60.2 Å². The molecule has 1 aliphatic heterocycles. The lowest BCUT2D eigenvalue weighted by Gasteiger charge is -2.15. The van der Waals surface area contributed by atoms with E-state index in [-0.39, 0.29) is 5.57 Å². The maximum absolute atomic E-state index is 12.8. The molecule has 0 atom stereocenters. The zero-order valence-corrected chi connectivity index (χ0v) is 16.2. The summed E-state index contributed by atoms with van der Waals surface area (Å²) < 4.78 is 5.29. The summed E-state index contributed by atoms with van der Waals surface area (Å²) in [5, 5.41) is 3.66. The topological polar surface area (TPSA) is 58.6 Å². The molecule has 5 nitrogen and oxygen atoms in total. The van der Waals surface area contributed by atoms with Crippen molar-refractivity contribution in [1.29, 1.82) is 0 Å². The Morgan fingerprint density at radius 1 is 1.00 bits per heavy atom. The number of benzene rings is 3. The number of rotatable bonds is 3. The first kappa shape index (κ1) is 18.3. The minimum Gasteiger partial charge on any atom is -0.497 e. The summed E-state index contributed by atoms with van der Waals surface area (Å²) in [5.41, 5.74) is 3.75. The number of anilines is 1. The van der Waals surface area contributed by atoms with Crippen molar-refractivity contribution in [3.05, 3.63) is 75.8 Å². The van der Waals surface area contributed by atoms with Crippen LogP contribution < -0.4 is 15.2 Å². The van der Waals surface area contributed by atoms with Crippen LogP contribution in [0.5, 0.6) is 5.75 Å². The molecule has 1 aliphatic rings. The highest BCUT2D eigenvalue weighted by Crippen LogP contribution is 2.30. The Balaban J connectivity index is 1.76. The molecule has 0 aromatic heterocycles. The van der Waals surface area contributed by atoms with E-state index in [0.717, 1.165) is 21.3 Å². The summed E-state index contributed by atoms with van der Waals surface area (Å²) in [5.74, 6) is -0.266. The molecule has 4 rings (SSSR count). The number of hydrogen-bond acceptors (Lipinski definition) is 3. The third-order valence-electron chi connectivity index (χ3n) is 4.48. The molecule has 7 heteroatoms. The summed E-state index contributed by atoms with van der Waals surface area (Å²) in [4.78, 5) is 25.3. The number of carbonyl (C=O) groups is 2. The number of methoxy groups -OCH3 is 1. The van der Waals surface area contributed by atoms with E-state index in [2.05, 4.69) is 5.43 Å². The van der Waals surface area contributed by atoms with E-state index in [1.807, 2.05) is 36.4 Å². The van der Waals surface area contributed by atoms with E-state index in [1.165, 1.54) is 6.07 Å². The molecule has 140 valence electrons. The summed E-state index contributed by atoms with van der Waals surface area (Å²) in [7, 11) is 1.59. The van der Waals surface area contributed by atoms with Crippen molar-refractivity contribution < 1.29 is 14.3 Å². The predicted octanol–water partition coefficient (Wildman–Crippen LogP) is 4.62. The average Bonchev–Trinajstić information content (AvgIpc) is 2.98. The van der Waals surface area contributed by atoms with Gasteiger partial charge in [0.15, 0.2) is 0 Å². The Kier molecular flexibility index (Phi) is 4.71. The fraction of sp³-hybridized carbons (Fsp3) is 0.0476. The van der Waals surface area contributed by atoms with Gasteiger partial charge in [-0.15, -0.1) is 0 Å². The highest BCUT2D eigenvalue weighted by Gasteiger charge is 2.34. The normalized spacial score (nSPS) is 15.4. The molecule has 1 heterocycles. The van der Waals surface area contributed by atoms with Crippen LogP contribution in [0.1, 0.15) is 5.56 Å². The van der Waals surface area contributed by atoms with Gasteiger partial charge in [0.05, 0.1) is 22.8 Å². The molecule has 1 N–H and O–H groups in total. The molecule has 3 aromatic rings. The fourth-order valence-corrected chi connectivity index (χ4v) is 3.34. The Bertz CT molecular complexity index is 1160. The van der Waals surface area contributed by atoms with E-state index >= 15 is 0 Å². The van der Waals surface area contributed by atoms with Gasteiger partial charge in [0.2, 0.25) is 0 Å². The Hall–Kier alpha value is -3.02. The van der Waals surface area contributed by atoms with Crippen LogP contribution in [0.3, 0.4) is 0 Å². The number of carbonyl (C=O) groups excluding carboxylic acids is 2. The van der Waals surface area contributed by atoms with E-state index in [9.17, 15) is 9.59 Å². The van der Waals surface area contributed by atoms with Crippen molar-refractivity contribution >= 4 is 57.6 Å². The van der Waals surface area contributed by atoms with Crippen LogP contribution in [0.25, 0.3) is 16.8 Å². The first-order valence-electron chi connectivity index (χ1n) is 8.37. The summed E-state index contributed by atoms with van der Waals surface area (Å²) in [6.07, 6.45) is 1.58. The Morgan fingerprint density at radius 2 is 1.82 bits per heavy atom. The second-order valence-electron chi connectivity index (χ2n) is 6.17. The number of ether oxygens (including phenoxy) is 1. The summed E-state index contributed by atoms with van der Waals surface area (Å²) in [6.45, 7) is 0. The lowest BCUT2D eigenvalue weighted by atomic mass is 10.0. The van der Waals surface area contributed by atoms with Gasteiger partial charge < -0.3 is 4.74 Å². The van der Waals surface area contributed by atoms with E-state index in [4.69, 9.17) is 27.9 Å². The van der Waals surface area contributed by atoms with Crippen LogP contribution in [0.2, 0.25) is 10.0 Å². The van der Waals surface area contributed by atoms with Gasteiger partial charge in [0.25, 0.3) is 11.8 Å². The third kappa shape index (κ3) is 3.19. The standard InChI is InChI=1S/C21H14Cl2N2O3/c1-28-15-7-5-12-3-2-4-13(16(12)11-15)9-17-20(26)24-25(21(17)27)14-6-8-18(22)19(23)10-14/h2-11H,1H3,(H,24,26)/b17-9+. The maximum atomic E-state index is 12.8. The molecule has 1 saturated heterocycles. The molecule has 0 saturated carbocycles. The van der Waals surface area contributed by atoms with Gasteiger partial charge in [0.1, 0.15) is 11.3 Å². The molecule has 1 fully saturated rings. The van der Waals surface area contributed by atoms with Crippen LogP contribution in [0.4, 0.5) is 5.69 Å². The predicted molar refractivity (Wildman–Crippen MR) is 111 cm³/mol. The van der Waals surface area contributed by atoms with Gasteiger partial charge >= 0.3 is 0 Å². The van der Waals surface area contributed by atoms with Crippen molar-refractivity contribution in [2.45, 2.75) is 0 Å². The van der Waals surface area contributed by atoms with Crippen LogP contribution in [-0.2, 0) is 9.59 Å². The number of hydrogen-bond donors (Lipinski definition) is 1. The number of hydrazine groups is 1. The number of nitrogens with zero attached hydrogens (tertiary/aromatic N) is 1. The number of nitrogens with one attached hydrogen (secondary N) is 1. The molecule has 3 aromatic carbocycles. The van der Waals surface area contributed by atoms with Crippen molar-refractivity contribution in [2.24, 2.45) is 0 Å². The fourth-order valence-electron chi connectivity index (χ4n) is 3.05. The smallest absolute Gasteiger partial charge is 0.282 e. The van der Waals surface area contributed by atoms with Gasteiger partial charge in [-0.25, -0.2) is 5.01 Å². The zero-order valence-electron chi connectivity index (χ0n) is 14.7. The molecule has 0 radical (unpaired) electrons. The molecule has 0 spiro atoms. The molecule has 0 bridgehead atoms. The average molecular weight is 413 g/mol. The quantitative estimate of drug-likeness (QED) is 0.504. The van der Waals surface area contributed by atoms with E-state index < -0.39 is 11.8 Å². The molecule has 0 unspecified atom stereocenters. The van der Waals surface area contributed by atoms with Gasteiger partial charge in [-0.1, -0.05) is 47.5 Å². The molecule has 28 heavy (non-hydrogen) atoms. The van der Waals surface area contributed by atoms with Crippen LogP contribution >= 0.6 is 23.2 Å². The Labute approximate surface area is 171 Å². The largest absolute Gasteiger partial charge is 0.497 e. The van der Waals surface area contributed by atoms with Crippen molar-refractivity contribution in [3.8, 4) is 5.75 Å². The van der Waals surface area contributed by atoms with Gasteiger partial charge in [-0.3, -0.25) is 15.0 Å². The lowest BCUT2D eigenvalue weighted by Crippen LogP contribution is -2.35. The summed E-state index contributed by atoms with van der Waals surface area (Å²) in [6, 6.07) is 16.0.